The van der Waals surface area contributed by atoms with Gasteiger partial charge in [-0.05, 0) is 50.7 Å². The van der Waals surface area contributed by atoms with Crippen LogP contribution >= 0.6 is 0 Å². The van der Waals surface area contributed by atoms with Crippen LogP contribution in [-0.4, -0.2) is 90.2 Å². The first-order chi connectivity index (χ1) is 25.5. The van der Waals surface area contributed by atoms with Crippen molar-refractivity contribution in [2.24, 2.45) is 11.8 Å². The number of hydrogen-bond acceptors (Lipinski definition) is 9. The summed E-state index contributed by atoms with van der Waals surface area (Å²) in [7, 11) is -7.50. The molecule has 13 nitrogen and oxygen atoms in total. The van der Waals surface area contributed by atoms with E-state index in [-0.39, 0.29) is 37.5 Å². The van der Waals surface area contributed by atoms with Crippen molar-refractivity contribution in [1.82, 2.24) is 25.3 Å². The molecule has 1 aliphatic carbocycles. The number of carbonyl (C=O) groups is 2. The quantitative estimate of drug-likeness (QED) is 0.0993. The van der Waals surface area contributed by atoms with E-state index < -0.39 is 72.4 Å². The lowest BCUT2D eigenvalue weighted by Crippen LogP contribution is -2.55. The first-order valence-electron chi connectivity index (χ1n) is 18.7. The molecule has 2 amide bonds. The van der Waals surface area contributed by atoms with E-state index in [4.69, 9.17) is 0 Å². The van der Waals surface area contributed by atoms with Crippen LogP contribution in [0.1, 0.15) is 82.5 Å². The molecule has 1 unspecified atom stereocenters. The summed E-state index contributed by atoms with van der Waals surface area (Å²) >= 11 is 0. The average Bonchev–Trinajstić information content (AvgIpc) is 3.64. The number of H-pyrrole nitrogens is 1. The minimum Gasteiger partial charge on any atom is -0.392 e. The zero-order valence-electron chi connectivity index (χ0n) is 31.5. The number of amides is 2. The van der Waals surface area contributed by atoms with E-state index in [0.717, 1.165) is 37.7 Å². The topological polar surface area (TPSA) is 208 Å². The second kappa shape index (κ2) is 19.8. The molecule has 6 N–H and O–H groups in total. The van der Waals surface area contributed by atoms with Gasteiger partial charge in [-0.15, -0.1) is 0 Å². The minimum atomic E-state index is -3.77. The van der Waals surface area contributed by atoms with Gasteiger partial charge >= 0.3 is 0 Å². The first-order valence-corrected chi connectivity index (χ1v) is 22.0. The van der Waals surface area contributed by atoms with E-state index in [9.17, 15) is 36.6 Å². The van der Waals surface area contributed by atoms with E-state index in [1.807, 2.05) is 30.3 Å². The third-order valence-electron chi connectivity index (χ3n) is 10.0. The number of aliphatic hydroxyl groups is 2. The molecule has 1 fully saturated rings. The number of rotatable bonds is 20. The number of sulfone groups is 1. The molecule has 15 heteroatoms. The van der Waals surface area contributed by atoms with Crippen molar-refractivity contribution in [1.29, 1.82) is 0 Å². The zero-order chi connectivity index (χ0) is 39.4. The molecule has 0 saturated heterocycles. The van der Waals surface area contributed by atoms with Crippen molar-refractivity contribution < 1.29 is 36.6 Å². The summed E-state index contributed by atoms with van der Waals surface area (Å²) in [6.45, 7) is 4.43. The normalized spacial score (nSPS) is 17.2. The van der Waals surface area contributed by atoms with Gasteiger partial charge in [-0.25, -0.2) is 26.5 Å². The molecular formula is C39H57N5O8S2. The van der Waals surface area contributed by atoms with Crippen molar-refractivity contribution >= 4 is 31.7 Å². The van der Waals surface area contributed by atoms with Crippen molar-refractivity contribution in [3.63, 3.8) is 0 Å². The number of nitrogens with one attached hydrogen (secondary N) is 4. The van der Waals surface area contributed by atoms with E-state index in [0.29, 0.717) is 17.7 Å². The summed E-state index contributed by atoms with van der Waals surface area (Å²) in [4.78, 5) is 35.3. The Morgan fingerprint density at radius 2 is 1.50 bits per heavy atom. The van der Waals surface area contributed by atoms with Gasteiger partial charge < -0.3 is 25.8 Å². The van der Waals surface area contributed by atoms with Crippen LogP contribution in [0.2, 0.25) is 0 Å². The Kier molecular flexibility index (Phi) is 15.8. The molecule has 5 atom stereocenters. The van der Waals surface area contributed by atoms with Crippen LogP contribution in [0.15, 0.2) is 73.2 Å². The van der Waals surface area contributed by atoms with Gasteiger partial charge in [0.1, 0.15) is 6.04 Å². The van der Waals surface area contributed by atoms with E-state index in [1.165, 1.54) is 6.33 Å². The van der Waals surface area contributed by atoms with Crippen LogP contribution in [0.3, 0.4) is 0 Å². The number of imidazole rings is 1. The lowest BCUT2D eigenvalue weighted by Gasteiger charge is -2.32. The Morgan fingerprint density at radius 3 is 2.09 bits per heavy atom. The van der Waals surface area contributed by atoms with Gasteiger partial charge in [0.2, 0.25) is 21.8 Å². The molecule has 0 bridgehead atoms. The van der Waals surface area contributed by atoms with Gasteiger partial charge in [-0.3, -0.25) is 9.59 Å². The third-order valence-corrected chi connectivity index (χ3v) is 14.0. The van der Waals surface area contributed by atoms with Crippen LogP contribution in [0, 0.1) is 11.8 Å². The van der Waals surface area contributed by atoms with Gasteiger partial charge in [0.05, 0.1) is 52.4 Å². The second-order valence-corrected chi connectivity index (χ2v) is 20.1. The van der Waals surface area contributed by atoms with Gasteiger partial charge in [0.25, 0.3) is 0 Å². The summed E-state index contributed by atoms with van der Waals surface area (Å²) in [5.74, 6) is -2.69. The van der Waals surface area contributed by atoms with E-state index in [1.54, 1.807) is 57.3 Å². The second-order valence-electron chi connectivity index (χ2n) is 15.5. The molecular weight excluding hydrogens is 731 g/mol. The van der Waals surface area contributed by atoms with Crippen molar-refractivity contribution in [2.75, 3.05) is 12.3 Å². The summed E-state index contributed by atoms with van der Waals surface area (Å²) in [5, 5.41) is 28.1. The Balaban J connectivity index is 1.51. The predicted molar refractivity (Wildman–Crippen MR) is 208 cm³/mol. The largest absolute Gasteiger partial charge is 0.392 e. The smallest absolute Gasteiger partial charge is 0.243 e. The maximum Gasteiger partial charge on any atom is 0.243 e. The van der Waals surface area contributed by atoms with Crippen molar-refractivity contribution in [3.05, 3.63) is 90.0 Å². The van der Waals surface area contributed by atoms with Gasteiger partial charge in [0.15, 0.2) is 9.84 Å². The Labute approximate surface area is 320 Å². The van der Waals surface area contributed by atoms with Crippen molar-refractivity contribution in [3.8, 4) is 0 Å². The molecule has 0 aliphatic heterocycles. The number of sulfonamides is 1. The Hall–Kier alpha value is -3.63. The van der Waals surface area contributed by atoms with Crippen LogP contribution < -0.4 is 15.4 Å². The molecule has 4 rings (SSSR count). The lowest BCUT2D eigenvalue weighted by molar-refractivity contribution is -0.131. The molecule has 0 spiro atoms. The standard InChI is InChI=1S/C39H57N5O8S2/c1-39(2,3)53(49,50)26-31(19-28-13-7-4-8-14-28)37(47)44-35(21-32-23-40-27-41-32)38(48)43-34(20-29-15-9-5-10-16-29)36(46)22-33(45)24-42-54(51,52)25-30-17-11-6-12-18-30/h4,6-8,11-14,17-18,23,27,29,31,33-36,42,45-46H,5,9-10,15-16,19-22,24-26H2,1-3H3,(H,40,41)(H,43,48)(H,44,47)/t31?,33-,34-,35-,36-/m0/s1. The fourth-order valence-corrected chi connectivity index (χ4v) is 9.20. The monoisotopic (exact) mass is 787 g/mol. The fraction of sp³-hybridized carbons (Fsp3) is 0.564. The fourth-order valence-electron chi connectivity index (χ4n) is 6.72. The SMILES string of the molecule is CC(C)(C)S(=O)(=O)CC(Cc1ccccc1)C(=O)N[C@@H](Cc1c[nH]cn1)C(=O)N[C@@H](CC1CCCCC1)[C@@H](O)C[C@H](O)CNS(=O)(=O)Cc1ccccc1. The highest BCUT2D eigenvalue weighted by Crippen LogP contribution is 2.29. The maximum atomic E-state index is 14.2. The van der Waals surface area contributed by atoms with E-state index in [2.05, 4.69) is 25.3 Å². The highest BCUT2D eigenvalue weighted by atomic mass is 32.2. The highest BCUT2D eigenvalue weighted by Gasteiger charge is 2.37. The first kappa shape index (κ1) is 43.1. The molecule has 298 valence electrons. The Morgan fingerprint density at radius 1 is 0.870 bits per heavy atom. The average molecular weight is 788 g/mol. The number of aromatic nitrogens is 2. The highest BCUT2D eigenvalue weighted by molar-refractivity contribution is 7.92. The van der Waals surface area contributed by atoms with Crippen LogP contribution in [-0.2, 0) is 48.0 Å². The number of aliphatic hydroxyl groups excluding tert-OH is 2. The summed E-state index contributed by atoms with van der Waals surface area (Å²) in [5.41, 5.74) is 1.85. The predicted octanol–water partition coefficient (Wildman–Crippen LogP) is 3.20. The zero-order valence-corrected chi connectivity index (χ0v) is 33.1. The summed E-state index contributed by atoms with van der Waals surface area (Å²) in [6, 6.07) is 15.7. The van der Waals surface area contributed by atoms with Gasteiger partial charge in [-0.2, -0.15) is 0 Å². The molecule has 2 aromatic carbocycles. The molecule has 3 aromatic rings. The molecule has 1 aromatic heterocycles. The maximum absolute atomic E-state index is 14.2. The number of benzene rings is 2. The molecule has 54 heavy (non-hydrogen) atoms. The number of hydrogen-bond donors (Lipinski definition) is 6. The van der Waals surface area contributed by atoms with Crippen LogP contribution in [0.4, 0.5) is 0 Å². The lowest BCUT2D eigenvalue weighted by atomic mass is 9.83. The molecule has 1 saturated carbocycles. The molecule has 1 aliphatic rings. The van der Waals surface area contributed by atoms with Crippen LogP contribution in [0.25, 0.3) is 0 Å². The van der Waals surface area contributed by atoms with Crippen molar-refractivity contribution in [2.45, 2.75) is 113 Å². The van der Waals surface area contributed by atoms with Gasteiger partial charge in [0, 0.05) is 25.6 Å². The molecule has 0 radical (unpaired) electrons. The Bertz CT molecular complexity index is 1810. The number of carbonyl (C=O) groups excluding carboxylic acids is 2. The van der Waals surface area contributed by atoms with Crippen LogP contribution in [0.5, 0.6) is 0 Å². The molecule has 1 heterocycles. The van der Waals surface area contributed by atoms with Gasteiger partial charge in [-0.1, -0.05) is 92.8 Å². The summed E-state index contributed by atoms with van der Waals surface area (Å²) < 4.78 is 53.4. The summed E-state index contributed by atoms with van der Waals surface area (Å²) in [6.07, 6.45) is 5.85. The van der Waals surface area contributed by atoms with E-state index >= 15 is 0 Å². The number of nitrogens with zero attached hydrogens (tertiary/aromatic N) is 1. The minimum absolute atomic E-state index is 0.0107. The third kappa shape index (κ3) is 13.9. The number of aromatic amines is 1.